The zero-order valence-electron chi connectivity index (χ0n) is 11.0. The number of carbonyl (C=O) groups is 1. The third-order valence-electron chi connectivity index (χ3n) is 3.49. The molecule has 0 radical (unpaired) electrons. The molecular formula is C13H20BrN3O. The topological polar surface area (TPSA) is 38.1 Å². The Balaban J connectivity index is 2.23. The van der Waals surface area contributed by atoms with Gasteiger partial charge in [0.15, 0.2) is 0 Å². The molecule has 1 fully saturated rings. The van der Waals surface area contributed by atoms with Crippen molar-refractivity contribution in [2.24, 2.45) is 0 Å². The molecule has 0 saturated carbocycles. The number of aromatic nitrogens is 2. The molecule has 1 unspecified atom stereocenters. The summed E-state index contributed by atoms with van der Waals surface area (Å²) in [5.74, 6) is 0.126. The highest BCUT2D eigenvalue weighted by molar-refractivity contribution is 9.09. The predicted octanol–water partition coefficient (Wildman–Crippen LogP) is 2.60. The number of alkyl halides is 1. The molecule has 1 atom stereocenters. The molecule has 1 amide bonds. The number of piperidine rings is 1. The highest BCUT2D eigenvalue weighted by Gasteiger charge is 2.28. The highest BCUT2D eigenvalue weighted by Crippen LogP contribution is 2.21. The minimum atomic E-state index is 0.126. The first-order valence-electron chi connectivity index (χ1n) is 6.58. The highest BCUT2D eigenvalue weighted by atomic mass is 79.9. The summed E-state index contributed by atoms with van der Waals surface area (Å²) in [6, 6.07) is 2.22. The number of likely N-dealkylation sites (tertiary alicyclic amines) is 1. The number of hydrogen-bond acceptors (Lipinski definition) is 2. The number of carbonyl (C=O) groups excluding carboxylic acids is 1. The van der Waals surface area contributed by atoms with Gasteiger partial charge < -0.3 is 4.90 Å². The van der Waals surface area contributed by atoms with Crippen LogP contribution in [0.25, 0.3) is 0 Å². The van der Waals surface area contributed by atoms with Crippen LogP contribution in [0, 0.1) is 6.92 Å². The Morgan fingerprint density at radius 2 is 2.33 bits per heavy atom. The van der Waals surface area contributed by atoms with E-state index >= 15 is 0 Å². The summed E-state index contributed by atoms with van der Waals surface area (Å²) in [5, 5.41) is 5.21. The molecule has 0 aromatic carbocycles. The van der Waals surface area contributed by atoms with Gasteiger partial charge in [-0.2, -0.15) is 5.10 Å². The van der Waals surface area contributed by atoms with Crippen LogP contribution in [-0.4, -0.2) is 38.5 Å². The average molecular weight is 314 g/mol. The number of rotatable bonds is 3. The predicted molar refractivity (Wildman–Crippen MR) is 75.1 cm³/mol. The zero-order chi connectivity index (χ0) is 13.1. The molecule has 0 spiro atoms. The van der Waals surface area contributed by atoms with Gasteiger partial charge in [0.1, 0.15) is 5.69 Å². The summed E-state index contributed by atoms with van der Waals surface area (Å²) in [6.07, 6.45) is 3.41. The van der Waals surface area contributed by atoms with E-state index in [1.807, 2.05) is 24.8 Å². The molecule has 4 nitrogen and oxygen atoms in total. The molecule has 2 heterocycles. The van der Waals surface area contributed by atoms with E-state index in [-0.39, 0.29) is 5.91 Å². The fourth-order valence-corrected chi connectivity index (χ4v) is 3.21. The summed E-state index contributed by atoms with van der Waals surface area (Å²) in [7, 11) is 0. The lowest BCUT2D eigenvalue weighted by Gasteiger charge is -2.34. The van der Waals surface area contributed by atoms with Crippen LogP contribution in [0.2, 0.25) is 0 Å². The van der Waals surface area contributed by atoms with Gasteiger partial charge in [0.2, 0.25) is 0 Å². The third-order valence-corrected chi connectivity index (χ3v) is 4.23. The van der Waals surface area contributed by atoms with Crippen LogP contribution in [0.15, 0.2) is 6.07 Å². The lowest BCUT2D eigenvalue weighted by atomic mass is 10.0. The maximum Gasteiger partial charge on any atom is 0.272 e. The van der Waals surface area contributed by atoms with Crippen molar-refractivity contribution in [3.8, 4) is 0 Å². The first kappa shape index (κ1) is 13.6. The van der Waals surface area contributed by atoms with E-state index < -0.39 is 0 Å². The molecule has 0 N–H and O–H groups in total. The molecule has 5 heteroatoms. The molecule has 1 aliphatic rings. The van der Waals surface area contributed by atoms with E-state index in [2.05, 4.69) is 21.0 Å². The Hall–Kier alpha value is -0.840. The number of aryl methyl sites for hydroxylation is 2. The van der Waals surface area contributed by atoms with Gasteiger partial charge in [-0.25, -0.2) is 0 Å². The lowest BCUT2D eigenvalue weighted by molar-refractivity contribution is 0.0629. The summed E-state index contributed by atoms with van der Waals surface area (Å²) in [6.45, 7) is 5.55. The molecule has 1 aliphatic heterocycles. The minimum absolute atomic E-state index is 0.126. The Labute approximate surface area is 116 Å². The van der Waals surface area contributed by atoms with Crippen LogP contribution in [0.4, 0.5) is 0 Å². The van der Waals surface area contributed by atoms with Crippen molar-refractivity contribution in [3.63, 3.8) is 0 Å². The van der Waals surface area contributed by atoms with Crippen molar-refractivity contribution in [1.29, 1.82) is 0 Å². The van der Waals surface area contributed by atoms with E-state index in [9.17, 15) is 4.79 Å². The van der Waals surface area contributed by atoms with Gasteiger partial charge in [-0.15, -0.1) is 0 Å². The monoisotopic (exact) mass is 313 g/mol. The molecule has 1 aromatic rings. The van der Waals surface area contributed by atoms with Crippen LogP contribution in [0.5, 0.6) is 0 Å². The first-order valence-corrected chi connectivity index (χ1v) is 7.71. The second-order valence-electron chi connectivity index (χ2n) is 4.79. The van der Waals surface area contributed by atoms with Gasteiger partial charge >= 0.3 is 0 Å². The first-order chi connectivity index (χ1) is 8.67. The van der Waals surface area contributed by atoms with Crippen molar-refractivity contribution in [2.45, 2.75) is 45.7 Å². The Morgan fingerprint density at radius 1 is 1.56 bits per heavy atom. The second kappa shape index (κ2) is 5.87. The third kappa shape index (κ3) is 2.60. The molecule has 100 valence electrons. The van der Waals surface area contributed by atoms with Gasteiger partial charge in [0.25, 0.3) is 5.91 Å². The van der Waals surface area contributed by atoms with E-state index in [0.29, 0.717) is 6.04 Å². The summed E-state index contributed by atoms with van der Waals surface area (Å²) >= 11 is 3.52. The zero-order valence-corrected chi connectivity index (χ0v) is 12.6. The van der Waals surface area contributed by atoms with Crippen molar-refractivity contribution in [1.82, 2.24) is 14.7 Å². The molecule has 18 heavy (non-hydrogen) atoms. The van der Waals surface area contributed by atoms with Crippen LogP contribution in [0.3, 0.4) is 0 Å². The molecule has 1 saturated heterocycles. The Bertz CT molecular complexity index is 430. The van der Waals surface area contributed by atoms with Crippen LogP contribution in [-0.2, 0) is 6.54 Å². The van der Waals surface area contributed by atoms with E-state index in [4.69, 9.17) is 0 Å². The maximum absolute atomic E-state index is 12.6. The van der Waals surface area contributed by atoms with Crippen LogP contribution < -0.4 is 0 Å². The number of hydrogen-bond donors (Lipinski definition) is 0. The SMILES string of the molecule is CCn1nc(C)cc1C(=O)N1CCCCC1CBr. The molecule has 1 aromatic heterocycles. The van der Waals surface area contributed by atoms with Gasteiger partial charge in [-0.3, -0.25) is 9.48 Å². The van der Waals surface area contributed by atoms with Crippen molar-refractivity contribution in [2.75, 3.05) is 11.9 Å². The van der Waals surface area contributed by atoms with E-state index in [1.54, 1.807) is 4.68 Å². The van der Waals surface area contributed by atoms with Gasteiger partial charge in [-0.05, 0) is 39.2 Å². The van der Waals surface area contributed by atoms with Crippen molar-refractivity contribution < 1.29 is 4.79 Å². The molecule has 0 bridgehead atoms. The maximum atomic E-state index is 12.6. The summed E-state index contributed by atoms with van der Waals surface area (Å²) in [4.78, 5) is 14.6. The Kier molecular flexibility index (Phi) is 4.43. The van der Waals surface area contributed by atoms with Crippen LogP contribution in [0.1, 0.15) is 42.4 Å². The molecule has 2 rings (SSSR count). The van der Waals surface area contributed by atoms with Gasteiger partial charge in [0, 0.05) is 24.5 Å². The van der Waals surface area contributed by atoms with Gasteiger partial charge in [0.05, 0.1) is 5.69 Å². The van der Waals surface area contributed by atoms with E-state index in [0.717, 1.165) is 42.6 Å². The fourth-order valence-electron chi connectivity index (χ4n) is 2.53. The average Bonchev–Trinajstić information content (AvgIpc) is 2.79. The largest absolute Gasteiger partial charge is 0.334 e. The summed E-state index contributed by atoms with van der Waals surface area (Å²) < 4.78 is 1.80. The standard InChI is InChI=1S/C13H20BrN3O/c1-3-17-12(8-10(2)15-17)13(18)16-7-5-4-6-11(16)9-14/h8,11H,3-7,9H2,1-2H3. The lowest BCUT2D eigenvalue weighted by Crippen LogP contribution is -2.45. The van der Waals surface area contributed by atoms with Crippen molar-refractivity contribution in [3.05, 3.63) is 17.5 Å². The number of amides is 1. The molecule has 0 aliphatic carbocycles. The smallest absolute Gasteiger partial charge is 0.272 e. The number of nitrogens with zero attached hydrogens (tertiary/aromatic N) is 3. The van der Waals surface area contributed by atoms with E-state index in [1.165, 1.54) is 6.42 Å². The summed E-state index contributed by atoms with van der Waals surface area (Å²) in [5.41, 5.74) is 1.63. The van der Waals surface area contributed by atoms with Gasteiger partial charge in [-0.1, -0.05) is 15.9 Å². The molecular weight excluding hydrogens is 294 g/mol. The Morgan fingerprint density at radius 3 is 3.00 bits per heavy atom. The number of halogens is 1. The normalized spacial score (nSPS) is 20.2. The van der Waals surface area contributed by atoms with Crippen LogP contribution >= 0.6 is 15.9 Å². The minimum Gasteiger partial charge on any atom is -0.334 e. The second-order valence-corrected chi connectivity index (χ2v) is 5.44. The fraction of sp³-hybridized carbons (Fsp3) is 0.692. The quantitative estimate of drug-likeness (QED) is 0.804. The van der Waals surface area contributed by atoms with Crippen molar-refractivity contribution >= 4 is 21.8 Å².